The molecule has 1 fully saturated rings. The van der Waals surface area contributed by atoms with Gasteiger partial charge in [0, 0.05) is 34.8 Å². The summed E-state index contributed by atoms with van der Waals surface area (Å²) in [5, 5.41) is 0. The fourth-order valence-corrected chi connectivity index (χ4v) is 5.59. The topological polar surface area (TPSA) is 34.1 Å². The molecule has 204 valence electrons. The van der Waals surface area contributed by atoms with E-state index >= 15 is 0 Å². The first-order valence-electron chi connectivity index (χ1n) is 12.5. The standard InChI is InChI=1S/C32H22F6O2/c1-15-3-7-17(8-4-15)31(39)27-25(19-11-21(33)29(37)22(34)12-19)28(32(40)18-9-5-16(2)6-10-18)26(27)20-13-23(35)30(38)24(36)14-20/h3-14,25-28H,1-2H3. The predicted octanol–water partition coefficient (Wildman–Crippen LogP) is 8.02. The van der Waals surface area contributed by atoms with Crippen LogP contribution in [0.2, 0.25) is 0 Å². The molecule has 0 amide bonds. The Hall–Kier alpha value is -4.20. The summed E-state index contributed by atoms with van der Waals surface area (Å²) in [5.74, 6) is -15.5. The van der Waals surface area contributed by atoms with Gasteiger partial charge in [0.1, 0.15) is 0 Å². The van der Waals surface area contributed by atoms with Crippen molar-refractivity contribution >= 4 is 11.6 Å². The number of carbonyl (C=O) groups is 2. The van der Waals surface area contributed by atoms with Gasteiger partial charge in [-0.1, -0.05) is 59.7 Å². The van der Waals surface area contributed by atoms with E-state index in [-0.39, 0.29) is 22.3 Å². The van der Waals surface area contributed by atoms with Gasteiger partial charge in [-0.2, -0.15) is 0 Å². The maximum Gasteiger partial charge on any atom is 0.194 e. The van der Waals surface area contributed by atoms with Crippen LogP contribution in [0.4, 0.5) is 26.3 Å². The zero-order valence-corrected chi connectivity index (χ0v) is 21.3. The monoisotopic (exact) mass is 552 g/mol. The summed E-state index contributed by atoms with van der Waals surface area (Å²) in [7, 11) is 0. The zero-order valence-electron chi connectivity index (χ0n) is 21.3. The molecule has 1 aliphatic carbocycles. The van der Waals surface area contributed by atoms with Crippen molar-refractivity contribution in [2.75, 3.05) is 0 Å². The van der Waals surface area contributed by atoms with Gasteiger partial charge in [0.2, 0.25) is 0 Å². The van der Waals surface area contributed by atoms with E-state index in [1.54, 1.807) is 38.1 Å². The van der Waals surface area contributed by atoms with Gasteiger partial charge >= 0.3 is 0 Å². The number of carbonyl (C=O) groups excluding carboxylic acids is 2. The molecule has 0 spiro atoms. The predicted molar refractivity (Wildman–Crippen MR) is 136 cm³/mol. The Morgan fingerprint density at radius 3 is 1.05 bits per heavy atom. The van der Waals surface area contributed by atoms with Gasteiger partial charge in [-0.25, -0.2) is 26.3 Å². The van der Waals surface area contributed by atoms with Gasteiger partial charge in [0.05, 0.1) is 0 Å². The van der Waals surface area contributed by atoms with E-state index in [0.29, 0.717) is 0 Å². The quantitative estimate of drug-likeness (QED) is 0.138. The maximum absolute atomic E-state index is 14.4. The first kappa shape index (κ1) is 27.4. The van der Waals surface area contributed by atoms with E-state index in [1.165, 1.54) is 24.3 Å². The summed E-state index contributed by atoms with van der Waals surface area (Å²) in [6.07, 6.45) is 0. The van der Waals surface area contributed by atoms with Gasteiger partial charge < -0.3 is 0 Å². The highest BCUT2D eigenvalue weighted by Crippen LogP contribution is 2.60. The van der Waals surface area contributed by atoms with E-state index in [9.17, 15) is 35.9 Å². The van der Waals surface area contributed by atoms with Crippen molar-refractivity contribution in [3.05, 3.63) is 141 Å². The summed E-state index contributed by atoms with van der Waals surface area (Å²) < 4.78 is 85.3. The highest BCUT2D eigenvalue weighted by molar-refractivity contribution is 6.05. The fourth-order valence-electron chi connectivity index (χ4n) is 5.59. The van der Waals surface area contributed by atoms with Crippen molar-refractivity contribution in [2.24, 2.45) is 11.8 Å². The van der Waals surface area contributed by atoms with Crippen LogP contribution in [0.3, 0.4) is 0 Å². The van der Waals surface area contributed by atoms with Crippen LogP contribution in [-0.2, 0) is 0 Å². The molecule has 4 aromatic carbocycles. The molecule has 4 aromatic rings. The van der Waals surface area contributed by atoms with Crippen LogP contribution in [0.5, 0.6) is 0 Å². The molecule has 0 heterocycles. The van der Waals surface area contributed by atoms with Gasteiger partial charge in [-0.15, -0.1) is 0 Å². The van der Waals surface area contributed by atoms with Crippen LogP contribution < -0.4 is 0 Å². The largest absolute Gasteiger partial charge is 0.294 e. The van der Waals surface area contributed by atoms with Crippen LogP contribution in [0.1, 0.15) is 54.8 Å². The second-order valence-corrected chi connectivity index (χ2v) is 10.2. The second kappa shape index (κ2) is 10.4. The molecule has 1 saturated carbocycles. The summed E-state index contributed by atoms with van der Waals surface area (Å²) in [6, 6.07) is 15.6. The highest BCUT2D eigenvalue weighted by Gasteiger charge is 2.58. The Balaban J connectivity index is 1.72. The summed E-state index contributed by atoms with van der Waals surface area (Å²) in [5.41, 5.74) is 1.75. The van der Waals surface area contributed by atoms with E-state index in [2.05, 4.69) is 0 Å². The normalized spacial score (nSPS) is 20.2. The zero-order chi connectivity index (χ0) is 28.9. The van der Waals surface area contributed by atoms with Crippen molar-refractivity contribution in [1.29, 1.82) is 0 Å². The van der Waals surface area contributed by atoms with Crippen molar-refractivity contribution < 1.29 is 35.9 Å². The molecular formula is C32H22F6O2. The average Bonchev–Trinajstić information content (AvgIpc) is 2.90. The number of hydrogen-bond donors (Lipinski definition) is 0. The van der Waals surface area contributed by atoms with Crippen molar-refractivity contribution in [3.63, 3.8) is 0 Å². The van der Waals surface area contributed by atoms with Gasteiger partial charge in [0.25, 0.3) is 0 Å². The number of halogens is 6. The molecule has 0 N–H and O–H groups in total. The molecule has 40 heavy (non-hydrogen) atoms. The summed E-state index contributed by atoms with van der Waals surface area (Å²) >= 11 is 0. The van der Waals surface area contributed by atoms with Gasteiger partial charge in [-0.05, 0) is 49.2 Å². The van der Waals surface area contributed by atoms with Crippen LogP contribution in [0.15, 0.2) is 72.8 Å². The Morgan fingerprint density at radius 1 is 0.500 bits per heavy atom. The average molecular weight is 553 g/mol. The molecule has 0 saturated heterocycles. The number of benzene rings is 4. The minimum atomic E-state index is -1.72. The smallest absolute Gasteiger partial charge is 0.194 e. The van der Waals surface area contributed by atoms with Crippen LogP contribution in [0, 0.1) is 60.6 Å². The van der Waals surface area contributed by atoms with Gasteiger partial charge in [-0.3, -0.25) is 9.59 Å². The van der Waals surface area contributed by atoms with Crippen LogP contribution in [0.25, 0.3) is 0 Å². The minimum Gasteiger partial charge on any atom is -0.294 e. The SMILES string of the molecule is Cc1ccc(C(=O)C2C(c3cc(F)c(F)c(F)c3)C(C(=O)c3ccc(C)cc3)C2c2cc(F)c(F)c(F)c2)cc1. The third kappa shape index (κ3) is 4.72. The van der Waals surface area contributed by atoms with Crippen molar-refractivity contribution in [1.82, 2.24) is 0 Å². The lowest BCUT2D eigenvalue weighted by atomic mass is 9.49. The maximum atomic E-state index is 14.4. The molecule has 2 nitrogen and oxygen atoms in total. The van der Waals surface area contributed by atoms with Crippen molar-refractivity contribution in [2.45, 2.75) is 25.7 Å². The van der Waals surface area contributed by atoms with E-state index in [4.69, 9.17) is 0 Å². The number of ketones is 2. The van der Waals surface area contributed by atoms with E-state index in [0.717, 1.165) is 35.4 Å². The Bertz CT molecular complexity index is 1450. The molecule has 0 aliphatic heterocycles. The van der Waals surface area contributed by atoms with Crippen LogP contribution >= 0.6 is 0 Å². The lowest BCUT2D eigenvalue weighted by Crippen LogP contribution is -2.51. The second-order valence-electron chi connectivity index (χ2n) is 10.2. The molecule has 5 rings (SSSR count). The molecule has 0 aromatic heterocycles. The fraction of sp³-hybridized carbons (Fsp3) is 0.188. The minimum absolute atomic E-state index is 0.161. The van der Waals surface area contributed by atoms with Crippen LogP contribution in [-0.4, -0.2) is 11.6 Å². The lowest BCUT2D eigenvalue weighted by Gasteiger charge is -2.51. The van der Waals surface area contributed by atoms with E-state index in [1.807, 2.05) is 0 Å². The molecule has 0 atom stereocenters. The lowest BCUT2D eigenvalue weighted by molar-refractivity contribution is 0.0486. The molecule has 8 heteroatoms. The number of Topliss-reactive ketones (excluding diaryl/α,β-unsaturated/α-hetero) is 2. The molecular weight excluding hydrogens is 530 g/mol. The third-order valence-electron chi connectivity index (χ3n) is 7.61. The molecule has 0 radical (unpaired) electrons. The summed E-state index contributed by atoms with van der Waals surface area (Å²) in [4.78, 5) is 27.8. The molecule has 0 unspecified atom stereocenters. The Kier molecular flexibility index (Phi) is 7.12. The third-order valence-corrected chi connectivity index (χ3v) is 7.61. The first-order chi connectivity index (χ1) is 19.0. The van der Waals surface area contributed by atoms with E-state index < -0.39 is 70.1 Å². The Labute approximate surface area is 226 Å². The molecule has 1 aliphatic rings. The Morgan fingerprint density at radius 2 is 0.775 bits per heavy atom. The number of aryl methyl sites for hydroxylation is 2. The highest BCUT2D eigenvalue weighted by atomic mass is 19.2. The number of rotatable bonds is 6. The number of hydrogen-bond acceptors (Lipinski definition) is 2. The molecule has 0 bridgehead atoms. The van der Waals surface area contributed by atoms with Gasteiger partial charge in [0.15, 0.2) is 46.5 Å². The first-order valence-corrected chi connectivity index (χ1v) is 12.5. The summed E-state index contributed by atoms with van der Waals surface area (Å²) in [6.45, 7) is 3.60. The van der Waals surface area contributed by atoms with Crippen molar-refractivity contribution in [3.8, 4) is 0 Å².